The highest BCUT2D eigenvalue weighted by Gasteiger charge is 2.02. The highest BCUT2D eigenvalue weighted by Crippen LogP contribution is 2.15. The Kier molecular flexibility index (Phi) is 5.40. The SMILES string of the molecule is O=[N+]([O-])[N-]c1[nH+]ccs1.O=[N+]([O-])[N-]c1[nH+]ccs1. The van der Waals surface area contributed by atoms with Crippen LogP contribution in [-0.4, -0.2) is 10.1 Å². The van der Waals surface area contributed by atoms with E-state index in [2.05, 4.69) is 20.8 Å². The standard InChI is InChI=1S/2C3H2N3O2S/c2*7-6(8)5-3-4-1-2-9-3/h2*1-2H/q2*-1/p+2. The molecule has 0 fully saturated rings. The fraction of sp³-hybridized carbons (Fsp3) is 0. The van der Waals surface area contributed by atoms with E-state index in [1.165, 1.54) is 22.7 Å². The third-order valence-corrected chi connectivity index (χ3v) is 2.64. The van der Waals surface area contributed by atoms with Gasteiger partial charge in [-0.2, -0.15) is 0 Å². The fourth-order valence-electron chi connectivity index (χ4n) is 0.729. The molecular weight excluding hydrogens is 284 g/mol. The van der Waals surface area contributed by atoms with Crippen molar-refractivity contribution in [2.24, 2.45) is 0 Å². The van der Waals surface area contributed by atoms with E-state index in [9.17, 15) is 20.2 Å². The highest BCUT2D eigenvalue weighted by atomic mass is 32.1. The molecule has 0 unspecified atom stereocenters. The molecule has 0 radical (unpaired) electrons. The second-order valence-corrected chi connectivity index (χ2v) is 4.20. The molecule has 0 spiro atoms. The number of nitrogens with zero attached hydrogens (tertiary/aromatic N) is 4. The Morgan fingerprint density at radius 1 is 0.944 bits per heavy atom. The number of thiazole rings is 2. The summed E-state index contributed by atoms with van der Waals surface area (Å²) in [5.74, 6) is 0. The van der Waals surface area contributed by atoms with E-state index in [4.69, 9.17) is 0 Å². The predicted octanol–water partition coefficient (Wildman–Crippen LogP) is 1.52. The monoisotopic (exact) mass is 290 g/mol. The molecule has 12 heteroatoms. The summed E-state index contributed by atoms with van der Waals surface area (Å²) in [4.78, 5) is 24.5. The molecule has 0 bridgehead atoms. The van der Waals surface area contributed by atoms with Gasteiger partial charge in [0.05, 0.1) is 10.9 Å². The molecule has 96 valence electrons. The fourth-order valence-corrected chi connectivity index (χ4v) is 1.76. The molecule has 0 aromatic carbocycles. The van der Waals surface area contributed by atoms with Crippen molar-refractivity contribution in [3.05, 3.63) is 54.2 Å². The van der Waals surface area contributed by atoms with Gasteiger partial charge in [-0.25, -0.2) is 20.2 Å². The Bertz CT molecular complexity index is 440. The number of hydrogen-bond donors (Lipinski definition) is 0. The number of nitrogens with one attached hydrogen (secondary N) is 2. The van der Waals surface area contributed by atoms with Crippen molar-refractivity contribution >= 4 is 32.9 Å². The molecular formula is C6H6N6O4S2. The number of hydrogen-bond acceptors (Lipinski definition) is 6. The lowest BCUT2D eigenvalue weighted by molar-refractivity contribution is -0.440. The summed E-state index contributed by atoms with van der Waals surface area (Å²) in [5, 5.41) is 21.9. The molecule has 0 aliphatic heterocycles. The van der Waals surface area contributed by atoms with Crippen LogP contribution in [0.1, 0.15) is 0 Å². The molecule has 0 aliphatic rings. The largest absolute Gasteiger partial charge is 0.332 e. The highest BCUT2D eigenvalue weighted by molar-refractivity contribution is 7.13. The van der Waals surface area contributed by atoms with Crippen molar-refractivity contribution in [1.29, 1.82) is 0 Å². The van der Waals surface area contributed by atoms with Gasteiger partial charge in [0.2, 0.25) is 0 Å². The van der Waals surface area contributed by atoms with Crippen LogP contribution in [0.2, 0.25) is 0 Å². The average molecular weight is 290 g/mol. The third kappa shape index (κ3) is 5.66. The molecule has 0 saturated heterocycles. The zero-order valence-electron chi connectivity index (χ0n) is 8.55. The van der Waals surface area contributed by atoms with Crippen LogP contribution in [-0.2, 0) is 0 Å². The summed E-state index contributed by atoms with van der Waals surface area (Å²) in [6, 6.07) is 0. The van der Waals surface area contributed by atoms with Crippen LogP contribution in [0.25, 0.3) is 10.9 Å². The molecule has 0 amide bonds. The van der Waals surface area contributed by atoms with Crippen LogP contribution in [0.5, 0.6) is 0 Å². The molecule has 18 heavy (non-hydrogen) atoms. The number of aromatic nitrogens is 2. The molecule has 0 atom stereocenters. The first-order valence-corrected chi connectivity index (χ1v) is 5.96. The zero-order chi connectivity index (χ0) is 13.4. The van der Waals surface area contributed by atoms with E-state index in [1.54, 1.807) is 23.2 Å². The average Bonchev–Trinajstić information content (AvgIpc) is 2.90. The van der Waals surface area contributed by atoms with Crippen molar-refractivity contribution in [2.75, 3.05) is 0 Å². The van der Waals surface area contributed by atoms with Gasteiger partial charge in [-0.1, -0.05) is 22.7 Å². The summed E-state index contributed by atoms with van der Waals surface area (Å²) in [6.07, 6.45) is 3.18. The first kappa shape index (κ1) is 13.7. The zero-order valence-corrected chi connectivity index (χ0v) is 10.2. The van der Waals surface area contributed by atoms with Crippen LogP contribution in [0, 0.1) is 20.2 Å². The van der Waals surface area contributed by atoms with Gasteiger partial charge in [0.15, 0.2) is 10.1 Å². The number of rotatable bonds is 4. The smallest absolute Gasteiger partial charge is 0.259 e. The second kappa shape index (κ2) is 7.08. The van der Waals surface area contributed by atoms with Crippen LogP contribution in [0.4, 0.5) is 10.3 Å². The summed E-state index contributed by atoms with van der Waals surface area (Å²) < 4.78 is 0. The number of aromatic amines is 2. The minimum Gasteiger partial charge on any atom is -0.332 e. The number of H-pyrrole nitrogens is 2. The summed E-state index contributed by atoms with van der Waals surface area (Å²) in [5.41, 5.74) is 6.01. The van der Waals surface area contributed by atoms with E-state index in [-0.39, 0.29) is 0 Å². The maximum absolute atomic E-state index is 9.69. The molecule has 0 aliphatic carbocycles. The quantitative estimate of drug-likeness (QED) is 0.620. The Hall–Kier alpha value is -2.34. The topological polar surface area (TPSA) is 143 Å². The van der Waals surface area contributed by atoms with Gasteiger partial charge in [0.25, 0.3) is 10.3 Å². The van der Waals surface area contributed by atoms with Gasteiger partial charge < -0.3 is 9.97 Å². The minimum atomic E-state index is -0.734. The summed E-state index contributed by atoms with van der Waals surface area (Å²) in [7, 11) is 0. The van der Waals surface area contributed by atoms with Gasteiger partial charge in [-0.05, 0) is 0 Å². The van der Waals surface area contributed by atoms with Crippen LogP contribution in [0.3, 0.4) is 0 Å². The van der Waals surface area contributed by atoms with Crippen molar-refractivity contribution in [2.45, 2.75) is 0 Å². The van der Waals surface area contributed by atoms with Crippen molar-refractivity contribution in [3.8, 4) is 0 Å². The number of nitro groups is 2. The molecule has 2 rings (SSSR count). The Morgan fingerprint density at radius 3 is 1.56 bits per heavy atom. The molecule has 2 aromatic heterocycles. The first-order valence-electron chi connectivity index (χ1n) is 4.20. The van der Waals surface area contributed by atoms with Gasteiger partial charge in [0.1, 0.15) is 0 Å². The van der Waals surface area contributed by atoms with E-state index in [1.807, 2.05) is 0 Å². The Morgan fingerprint density at radius 2 is 1.33 bits per heavy atom. The van der Waals surface area contributed by atoms with Gasteiger partial charge in [-0.3, -0.25) is 0 Å². The molecule has 0 saturated carbocycles. The minimum absolute atomic E-state index is 0.306. The van der Waals surface area contributed by atoms with Crippen molar-refractivity contribution in [3.63, 3.8) is 0 Å². The van der Waals surface area contributed by atoms with Gasteiger partial charge in [0, 0.05) is 23.2 Å². The molecule has 10 nitrogen and oxygen atoms in total. The van der Waals surface area contributed by atoms with E-state index >= 15 is 0 Å². The maximum atomic E-state index is 9.69. The lowest BCUT2D eigenvalue weighted by atomic mass is 11.0. The van der Waals surface area contributed by atoms with E-state index in [0.717, 1.165) is 0 Å². The lowest BCUT2D eigenvalue weighted by Crippen LogP contribution is -1.97. The van der Waals surface area contributed by atoms with Crippen molar-refractivity contribution < 1.29 is 20.0 Å². The van der Waals surface area contributed by atoms with Crippen LogP contribution in [0.15, 0.2) is 23.2 Å². The van der Waals surface area contributed by atoms with E-state index < -0.39 is 10.1 Å². The Labute approximate surface area is 108 Å². The van der Waals surface area contributed by atoms with Crippen LogP contribution < -0.4 is 9.97 Å². The third-order valence-electron chi connectivity index (χ3n) is 1.25. The predicted molar refractivity (Wildman–Crippen MR) is 61.8 cm³/mol. The van der Waals surface area contributed by atoms with E-state index in [0.29, 0.717) is 10.3 Å². The normalized spacial score (nSPS) is 8.89. The van der Waals surface area contributed by atoms with Crippen LogP contribution >= 0.6 is 22.7 Å². The summed E-state index contributed by atoms with van der Waals surface area (Å²) in [6.45, 7) is 0. The van der Waals surface area contributed by atoms with Gasteiger partial charge in [-0.15, -0.1) is 0 Å². The van der Waals surface area contributed by atoms with Crippen molar-refractivity contribution in [1.82, 2.24) is 0 Å². The first-order chi connectivity index (χ1) is 8.58. The molecule has 2 N–H and O–H groups in total. The molecule has 2 aromatic rings. The molecule has 2 heterocycles. The summed E-state index contributed by atoms with van der Waals surface area (Å²) >= 11 is 2.37. The Balaban J connectivity index is 0.000000180. The lowest BCUT2D eigenvalue weighted by Gasteiger charge is -1.81. The van der Waals surface area contributed by atoms with Gasteiger partial charge >= 0.3 is 0 Å². The second-order valence-electron chi connectivity index (χ2n) is 2.42. The maximum Gasteiger partial charge on any atom is 0.259 e.